The van der Waals surface area contributed by atoms with Gasteiger partial charge in [-0.3, -0.25) is 4.79 Å². The fourth-order valence-corrected chi connectivity index (χ4v) is 5.81. The average Bonchev–Trinajstić information content (AvgIpc) is 3.10. The van der Waals surface area contributed by atoms with Gasteiger partial charge in [0, 0.05) is 44.1 Å². The van der Waals surface area contributed by atoms with Crippen LogP contribution in [0.25, 0.3) is 0 Å². The van der Waals surface area contributed by atoms with Crippen molar-refractivity contribution in [2.75, 3.05) is 36.5 Å². The van der Waals surface area contributed by atoms with Crippen LogP contribution in [0, 0.1) is 17.3 Å². The van der Waals surface area contributed by atoms with Crippen molar-refractivity contribution >= 4 is 17.7 Å². The normalized spacial score (nSPS) is 34.0. The van der Waals surface area contributed by atoms with Crippen LogP contribution in [0.15, 0.2) is 0 Å². The van der Waals surface area contributed by atoms with Crippen LogP contribution in [-0.2, 0) is 21.9 Å². The van der Waals surface area contributed by atoms with E-state index in [0.717, 1.165) is 32.5 Å². The largest absolute Gasteiger partial charge is 0.469 e. The third-order valence-electron chi connectivity index (χ3n) is 8.00. The van der Waals surface area contributed by atoms with E-state index in [0.29, 0.717) is 48.4 Å². The molecule has 1 aromatic rings. The van der Waals surface area contributed by atoms with E-state index >= 15 is 8.78 Å². The summed E-state index contributed by atoms with van der Waals surface area (Å²) in [5, 5.41) is 0. The minimum Gasteiger partial charge on any atom is -0.469 e. The molecule has 0 radical (unpaired) electrons. The molecule has 0 aromatic carbocycles. The summed E-state index contributed by atoms with van der Waals surface area (Å²) in [5.41, 5.74) is 0.587. The molecule has 2 saturated heterocycles. The number of hydrogen-bond acceptors (Lipinski definition) is 6. The minimum atomic E-state index is -2.91. The number of anilines is 2. The highest BCUT2D eigenvalue weighted by Crippen LogP contribution is 2.65. The first kappa shape index (κ1) is 19.9. The Labute approximate surface area is 176 Å². The van der Waals surface area contributed by atoms with Gasteiger partial charge in [0.15, 0.2) is 0 Å². The van der Waals surface area contributed by atoms with E-state index in [1.807, 2.05) is 4.90 Å². The molecule has 1 saturated carbocycles. The quantitative estimate of drug-likeness (QED) is 0.549. The molecule has 6 nitrogen and oxygen atoms in total. The maximum Gasteiger partial charge on any atom is 0.305 e. The molecular formula is C22H30F2N4O2. The predicted molar refractivity (Wildman–Crippen MR) is 109 cm³/mol. The number of nitrogens with zero attached hydrogens (tertiary/aromatic N) is 4. The molecule has 2 aliphatic carbocycles. The smallest absolute Gasteiger partial charge is 0.305 e. The van der Waals surface area contributed by atoms with Crippen molar-refractivity contribution in [3.8, 4) is 0 Å². The van der Waals surface area contributed by atoms with Crippen molar-refractivity contribution in [1.29, 1.82) is 0 Å². The highest BCUT2D eigenvalue weighted by atomic mass is 19.3. The Morgan fingerprint density at radius 3 is 2.70 bits per heavy atom. The number of esters is 1. The third-order valence-corrected chi connectivity index (χ3v) is 8.00. The van der Waals surface area contributed by atoms with Crippen molar-refractivity contribution < 1.29 is 18.3 Å². The molecule has 2 aliphatic heterocycles. The fourth-order valence-electron chi connectivity index (χ4n) is 5.81. The maximum atomic E-state index is 15.0. The predicted octanol–water partition coefficient (Wildman–Crippen LogP) is 3.53. The second-order valence-electron chi connectivity index (χ2n) is 9.80. The number of rotatable bonds is 4. The van der Waals surface area contributed by atoms with Gasteiger partial charge in [0.25, 0.3) is 5.92 Å². The molecular weight excluding hydrogens is 390 g/mol. The zero-order valence-electron chi connectivity index (χ0n) is 18.0. The van der Waals surface area contributed by atoms with E-state index in [1.54, 1.807) is 0 Å². The number of alkyl halides is 2. The van der Waals surface area contributed by atoms with Gasteiger partial charge in [-0.15, -0.1) is 0 Å². The lowest BCUT2D eigenvalue weighted by atomic mass is 10.0. The highest BCUT2D eigenvalue weighted by Gasteiger charge is 2.66. The number of carbonyl (C=O) groups is 1. The molecule has 30 heavy (non-hydrogen) atoms. The number of aromatic nitrogens is 2. The van der Waals surface area contributed by atoms with E-state index in [4.69, 9.17) is 9.72 Å². The van der Waals surface area contributed by atoms with Crippen LogP contribution in [0.1, 0.15) is 57.2 Å². The number of hydrogen-bond donors (Lipinski definition) is 0. The summed E-state index contributed by atoms with van der Waals surface area (Å²) in [6.07, 6.45) is 3.15. The Balaban J connectivity index is 1.48. The molecule has 0 unspecified atom stereocenters. The van der Waals surface area contributed by atoms with Gasteiger partial charge < -0.3 is 14.5 Å². The number of halogens is 2. The van der Waals surface area contributed by atoms with Crippen molar-refractivity contribution in [2.45, 2.75) is 64.3 Å². The molecule has 0 amide bonds. The molecule has 8 heteroatoms. The van der Waals surface area contributed by atoms with Crippen molar-refractivity contribution in [2.24, 2.45) is 17.3 Å². The van der Waals surface area contributed by atoms with E-state index in [9.17, 15) is 4.79 Å². The Hall–Kier alpha value is -1.99. The lowest BCUT2D eigenvalue weighted by Crippen LogP contribution is -2.47. The van der Waals surface area contributed by atoms with Crippen LogP contribution in [0.3, 0.4) is 0 Å². The average molecular weight is 421 g/mol. The molecule has 0 spiro atoms. The zero-order chi connectivity index (χ0) is 21.3. The summed E-state index contributed by atoms with van der Waals surface area (Å²) >= 11 is 0. The molecule has 0 bridgehead atoms. The Bertz CT molecular complexity index is 879. The number of methoxy groups -OCH3 is 1. The topological polar surface area (TPSA) is 58.6 Å². The van der Waals surface area contributed by atoms with Crippen molar-refractivity contribution in [1.82, 2.24) is 9.97 Å². The second-order valence-corrected chi connectivity index (χ2v) is 9.80. The second kappa shape index (κ2) is 6.76. The molecule has 0 N–H and O–H groups in total. The van der Waals surface area contributed by atoms with Crippen LogP contribution in [0.5, 0.6) is 0 Å². The van der Waals surface area contributed by atoms with Gasteiger partial charge in [0.1, 0.15) is 11.5 Å². The first-order valence-electron chi connectivity index (χ1n) is 11.1. The van der Waals surface area contributed by atoms with Crippen LogP contribution < -0.4 is 9.80 Å². The fraction of sp³-hybridized carbons (Fsp3) is 0.773. The van der Waals surface area contributed by atoms with Crippen LogP contribution in [0.2, 0.25) is 0 Å². The number of fused-ring (bicyclic) bond motifs is 2. The summed E-state index contributed by atoms with van der Waals surface area (Å²) in [4.78, 5) is 25.2. The Kier molecular flexibility index (Phi) is 4.49. The molecule has 4 aliphatic rings. The third kappa shape index (κ3) is 2.97. The molecule has 3 heterocycles. The Morgan fingerprint density at radius 2 is 2.10 bits per heavy atom. The van der Waals surface area contributed by atoms with Crippen LogP contribution in [0.4, 0.5) is 20.5 Å². The van der Waals surface area contributed by atoms with Gasteiger partial charge >= 0.3 is 5.97 Å². The molecule has 4 atom stereocenters. The summed E-state index contributed by atoms with van der Waals surface area (Å²) in [5.74, 6) is -1.27. The monoisotopic (exact) mass is 420 g/mol. The van der Waals surface area contributed by atoms with Crippen LogP contribution >= 0.6 is 0 Å². The van der Waals surface area contributed by atoms with Gasteiger partial charge in [-0.25, -0.2) is 4.98 Å². The van der Waals surface area contributed by atoms with Gasteiger partial charge in [-0.2, -0.15) is 13.8 Å². The summed E-state index contributed by atoms with van der Waals surface area (Å²) < 4.78 is 34.9. The molecule has 3 fully saturated rings. The molecule has 164 valence electrons. The first-order chi connectivity index (χ1) is 14.2. The lowest BCUT2D eigenvalue weighted by Gasteiger charge is -2.40. The van der Waals surface area contributed by atoms with E-state index in [2.05, 4.69) is 23.7 Å². The standard InChI is InChI=1S/C22H30F2N4O2/c1-13-7-9-28(13)20-25-18-14(6-4-5-8-22(18,23)24)19(26-20)27-11-16-15(10-17(29)30-3)21(16,2)12-27/h13,15-16H,4-12H2,1-3H3/t13-,15+,16+,21-/m0/s1. The van der Waals surface area contributed by atoms with Gasteiger partial charge in [0.05, 0.1) is 7.11 Å². The SMILES string of the molecule is COC(=O)C[C@@H]1[C@H]2CN(c3nc(N4CC[C@@H]4C)nc4c3CCCCC4(F)F)C[C@@]12C. The number of carbonyl (C=O) groups excluding carboxylic acids is 1. The number of ether oxygens (including phenoxy) is 1. The van der Waals surface area contributed by atoms with Crippen LogP contribution in [-0.4, -0.2) is 48.7 Å². The zero-order valence-corrected chi connectivity index (χ0v) is 18.0. The summed E-state index contributed by atoms with van der Waals surface area (Å²) in [7, 11) is 1.42. The van der Waals surface area contributed by atoms with Gasteiger partial charge in [0.2, 0.25) is 5.95 Å². The van der Waals surface area contributed by atoms with E-state index in [-0.39, 0.29) is 29.5 Å². The van der Waals surface area contributed by atoms with Gasteiger partial charge in [-0.05, 0) is 49.9 Å². The number of piperidine rings is 1. The molecule has 1 aromatic heterocycles. The van der Waals surface area contributed by atoms with E-state index < -0.39 is 5.92 Å². The van der Waals surface area contributed by atoms with Crippen molar-refractivity contribution in [3.05, 3.63) is 11.3 Å². The summed E-state index contributed by atoms with van der Waals surface area (Å²) in [6.45, 7) is 6.58. The van der Waals surface area contributed by atoms with Crippen molar-refractivity contribution in [3.63, 3.8) is 0 Å². The maximum absolute atomic E-state index is 15.0. The highest BCUT2D eigenvalue weighted by molar-refractivity contribution is 5.70. The van der Waals surface area contributed by atoms with Gasteiger partial charge in [-0.1, -0.05) is 6.92 Å². The summed E-state index contributed by atoms with van der Waals surface area (Å²) in [6, 6.07) is 0.282. The first-order valence-corrected chi connectivity index (χ1v) is 11.1. The minimum absolute atomic E-state index is 0.0173. The van der Waals surface area contributed by atoms with E-state index in [1.165, 1.54) is 7.11 Å². The molecule has 5 rings (SSSR count). The lowest BCUT2D eigenvalue weighted by molar-refractivity contribution is -0.141. The Morgan fingerprint density at radius 1 is 1.30 bits per heavy atom.